The van der Waals surface area contributed by atoms with Crippen LogP contribution in [0.15, 0.2) is 29.2 Å². The minimum atomic E-state index is -3.19. The molecule has 128 valence electrons. The lowest BCUT2D eigenvalue weighted by atomic mass is 9.86. The number of amides is 1. The van der Waals surface area contributed by atoms with Crippen LogP contribution in [0.5, 0.6) is 5.75 Å². The monoisotopic (exact) mass is 339 g/mol. The highest BCUT2D eigenvalue weighted by Gasteiger charge is 2.22. The maximum absolute atomic E-state index is 12.0. The maximum Gasteiger partial charge on any atom is 0.223 e. The van der Waals surface area contributed by atoms with Gasteiger partial charge in [-0.15, -0.1) is 0 Å². The fourth-order valence-electron chi connectivity index (χ4n) is 2.85. The molecule has 1 fully saturated rings. The van der Waals surface area contributed by atoms with E-state index in [1.165, 1.54) is 37.7 Å². The second kappa shape index (κ2) is 7.81. The Bertz CT molecular complexity index is 624. The van der Waals surface area contributed by atoms with E-state index in [2.05, 4.69) is 12.2 Å². The summed E-state index contributed by atoms with van der Waals surface area (Å²) >= 11 is 0. The number of ether oxygens (including phenoxy) is 1. The van der Waals surface area contributed by atoms with E-state index in [9.17, 15) is 13.2 Å². The maximum atomic E-state index is 12.0. The number of nitrogens with one attached hydrogen (secondary N) is 1. The van der Waals surface area contributed by atoms with E-state index in [0.717, 1.165) is 6.42 Å². The van der Waals surface area contributed by atoms with Gasteiger partial charge in [-0.25, -0.2) is 8.42 Å². The van der Waals surface area contributed by atoms with Crippen molar-refractivity contribution in [2.75, 3.05) is 12.9 Å². The molecule has 0 aromatic heterocycles. The summed E-state index contributed by atoms with van der Waals surface area (Å²) in [5.41, 5.74) is 0. The van der Waals surface area contributed by atoms with Crippen molar-refractivity contribution in [2.24, 2.45) is 5.92 Å². The Labute approximate surface area is 138 Å². The molecule has 0 bridgehead atoms. The zero-order valence-corrected chi connectivity index (χ0v) is 14.6. The minimum Gasteiger partial charge on any atom is -0.493 e. The quantitative estimate of drug-likeness (QED) is 0.864. The molecule has 6 heteroatoms. The summed E-state index contributed by atoms with van der Waals surface area (Å²) in [6.07, 6.45) is 6.13. The molecule has 1 N–H and O–H groups in total. The molecule has 1 aliphatic carbocycles. The van der Waals surface area contributed by atoms with Crippen molar-refractivity contribution in [3.63, 3.8) is 0 Å². The molecule has 0 heterocycles. The van der Waals surface area contributed by atoms with E-state index in [0.29, 0.717) is 18.1 Å². The predicted molar refractivity (Wildman–Crippen MR) is 89.2 cm³/mol. The lowest BCUT2D eigenvalue weighted by molar-refractivity contribution is -0.122. The van der Waals surface area contributed by atoms with Gasteiger partial charge in [0.05, 0.1) is 17.9 Å². The third-order valence-electron chi connectivity index (χ3n) is 4.31. The number of carbonyl (C=O) groups excluding carboxylic acids is 1. The highest BCUT2D eigenvalue weighted by atomic mass is 32.2. The summed E-state index contributed by atoms with van der Waals surface area (Å²) in [4.78, 5) is 12.2. The van der Waals surface area contributed by atoms with E-state index < -0.39 is 9.84 Å². The van der Waals surface area contributed by atoms with Gasteiger partial charge in [0, 0.05) is 12.3 Å². The number of carbonyl (C=O) groups is 1. The highest BCUT2D eigenvalue weighted by molar-refractivity contribution is 7.90. The summed E-state index contributed by atoms with van der Waals surface area (Å²) in [7, 11) is -3.19. The fourth-order valence-corrected chi connectivity index (χ4v) is 3.48. The van der Waals surface area contributed by atoms with Gasteiger partial charge in [0.25, 0.3) is 0 Å². The summed E-state index contributed by atoms with van der Waals surface area (Å²) in [6, 6.07) is 6.52. The molecule has 0 saturated heterocycles. The summed E-state index contributed by atoms with van der Waals surface area (Å²) < 4.78 is 28.2. The average Bonchev–Trinajstić information content (AvgIpc) is 2.49. The Morgan fingerprint density at radius 2 is 1.87 bits per heavy atom. The molecule has 2 rings (SSSR count). The van der Waals surface area contributed by atoms with Gasteiger partial charge in [-0.1, -0.05) is 19.8 Å². The molecular formula is C17H25NO4S. The van der Waals surface area contributed by atoms with Crippen LogP contribution in [0.3, 0.4) is 0 Å². The van der Waals surface area contributed by atoms with Gasteiger partial charge >= 0.3 is 0 Å². The second-order valence-electron chi connectivity index (χ2n) is 6.28. The van der Waals surface area contributed by atoms with Crippen LogP contribution < -0.4 is 10.1 Å². The van der Waals surface area contributed by atoms with Gasteiger partial charge in [-0.05, 0) is 43.0 Å². The lowest BCUT2D eigenvalue weighted by Gasteiger charge is -2.29. The van der Waals surface area contributed by atoms with Crippen molar-refractivity contribution in [1.82, 2.24) is 5.32 Å². The number of rotatable bonds is 6. The van der Waals surface area contributed by atoms with Gasteiger partial charge in [-0.2, -0.15) is 0 Å². The minimum absolute atomic E-state index is 0.0107. The Balaban J connectivity index is 1.75. The van der Waals surface area contributed by atoms with E-state index in [4.69, 9.17) is 4.74 Å². The number of hydrogen-bond donors (Lipinski definition) is 1. The molecule has 0 spiro atoms. The first-order chi connectivity index (χ1) is 10.9. The molecule has 0 radical (unpaired) electrons. The summed E-state index contributed by atoms with van der Waals surface area (Å²) in [5.74, 6) is 1.12. The smallest absolute Gasteiger partial charge is 0.223 e. The van der Waals surface area contributed by atoms with Crippen molar-refractivity contribution in [1.29, 1.82) is 0 Å². The lowest BCUT2D eigenvalue weighted by Crippen LogP contribution is -2.41. The summed E-state index contributed by atoms with van der Waals surface area (Å²) in [5, 5.41) is 3.09. The Morgan fingerprint density at radius 1 is 1.22 bits per heavy atom. The van der Waals surface area contributed by atoms with Gasteiger partial charge < -0.3 is 10.1 Å². The predicted octanol–water partition coefficient (Wildman–Crippen LogP) is 2.55. The molecule has 1 aromatic rings. The van der Waals surface area contributed by atoms with Gasteiger partial charge in [0.2, 0.25) is 5.91 Å². The van der Waals surface area contributed by atoms with E-state index >= 15 is 0 Å². The Kier molecular flexibility index (Phi) is 6.04. The Hall–Kier alpha value is -1.56. The van der Waals surface area contributed by atoms with E-state index in [1.807, 2.05) is 0 Å². The van der Waals surface area contributed by atoms with Crippen molar-refractivity contribution < 1.29 is 17.9 Å². The highest BCUT2D eigenvalue weighted by Crippen LogP contribution is 2.23. The molecule has 1 aliphatic rings. The first-order valence-corrected chi connectivity index (χ1v) is 9.97. The zero-order chi connectivity index (χ0) is 16.9. The average molecular weight is 339 g/mol. The topological polar surface area (TPSA) is 72.5 Å². The normalized spacial score (nSPS) is 21.7. The molecular weight excluding hydrogens is 314 g/mol. The molecule has 2 atom stereocenters. The van der Waals surface area contributed by atoms with Crippen LogP contribution in [0.2, 0.25) is 0 Å². The van der Waals surface area contributed by atoms with Crippen molar-refractivity contribution in [3.8, 4) is 5.75 Å². The zero-order valence-electron chi connectivity index (χ0n) is 13.7. The molecule has 1 saturated carbocycles. The third kappa shape index (κ3) is 5.53. The first-order valence-electron chi connectivity index (χ1n) is 8.08. The van der Waals surface area contributed by atoms with Gasteiger partial charge in [-0.3, -0.25) is 4.79 Å². The molecule has 0 aliphatic heterocycles. The van der Waals surface area contributed by atoms with Crippen LogP contribution in [0.25, 0.3) is 0 Å². The van der Waals surface area contributed by atoms with Crippen LogP contribution in [0, 0.1) is 5.92 Å². The molecule has 1 amide bonds. The molecule has 5 nitrogen and oxygen atoms in total. The van der Waals surface area contributed by atoms with Gasteiger partial charge in [0.15, 0.2) is 9.84 Å². The largest absolute Gasteiger partial charge is 0.493 e. The van der Waals surface area contributed by atoms with Crippen molar-refractivity contribution in [2.45, 2.75) is 50.0 Å². The second-order valence-corrected chi connectivity index (χ2v) is 8.29. The van der Waals surface area contributed by atoms with Crippen LogP contribution in [0.1, 0.15) is 39.0 Å². The van der Waals surface area contributed by atoms with Crippen molar-refractivity contribution in [3.05, 3.63) is 24.3 Å². The SMILES string of the molecule is C[C@@H]1CCCC[C@@H]1NC(=O)CCOc1ccc(S(C)(=O)=O)cc1. The summed E-state index contributed by atoms with van der Waals surface area (Å²) in [6.45, 7) is 2.47. The van der Waals surface area contributed by atoms with E-state index in [1.54, 1.807) is 12.1 Å². The molecule has 23 heavy (non-hydrogen) atoms. The Morgan fingerprint density at radius 3 is 2.48 bits per heavy atom. The number of benzene rings is 1. The van der Waals surface area contributed by atoms with Crippen LogP contribution in [-0.4, -0.2) is 33.2 Å². The molecule has 1 aromatic carbocycles. The van der Waals surface area contributed by atoms with Gasteiger partial charge in [0.1, 0.15) is 5.75 Å². The van der Waals surface area contributed by atoms with Crippen LogP contribution in [-0.2, 0) is 14.6 Å². The standard InChI is InChI=1S/C17H25NO4S/c1-13-5-3-4-6-16(13)18-17(19)11-12-22-14-7-9-15(10-8-14)23(2,20)21/h7-10,13,16H,3-6,11-12H2,1-2H3,(H,18,19)/t13-,16+/m1/s1. The number of sulfone groups is 1. The first kappa shape index (κ1) is 17.8. The van der Waals surface area contributed by atoms with E-state index in [-0.39, 0.29) is 23.5 Å². The van der Waals surface area contributed by atoms with Crippen molar-refractivity contribution >= 4 is 15.7 Å². The van der Waals surface area contributed by atoms with Crippen LogP contribution >= 0.6 is 0 Å². The fraction of sp³-hybridized carbons (Fsp3) is 0.588. The van der Waals surface area contributed by atoms with Crippen LogP contribution in [0.4, 0.5) is 0 Å². The molecule has 0 unspecified atom stereocenters. The number of hydrogen-bond acceptors (Lipinski definition) is 4. The third-order valence-corrected chi connectivity index (χ3v) is 5.44.